The molecular weight excluding hydrogens is 493 g/mol. The lowest BCUT2D eigenvalue weighted by Crippen LogP contribution is -2.37. The van der Waals surface area contributed by atoms with E-state index in [4.69, 9.17) is 17.3 Å². The van der Waals surface area contributed by atoms with Gasteiger partial charge in [0, 0.05) is 16.8 Å². The molecule has 0 aliphatic rings. The fraction of sp³-hybridized carbons (Fsp3) is 0.200. The van der Waals surface area contributed by atoms with Gasteiger partial charge in [-0.3, -0.25) is 9.36 Å². The number of hydrogen-bond acceptors (Lipinski definition) is 7. The Kier molecular flexibility index (Phi) is 6.41. The molecule has 11 nitrogen and oxygen atoms in total. The third-order valence-corrected chi connectivity index (χ3v) is 5.04. The fourth-order valence-corrected chi connectivity index (χ4v) is 3.28. The summed E-state index contributed by atoms with van der Waals surface area (Å²) in [4.78, 5) is 32.9. The molecule has 3 heterocycles. The summed E-state index contributed by atoms with van der Waals surface area (Å²) in [5.41, 5.74) is 4.69. The summed E-state index contributed by atoms with van der Waals surface area (Å²) in [6.45, 7) is -1.50. The molecule has 0 saturated heterocycles. The summed E-state index contributed by atoms with van der Waals surface area (Å²) in [6, 6.07) is 10.7. The number of amides is 1. The van der Waals surface area contributed by atoms with Crippen molar-refractivity contribution in [1.29, 1.82) is 0 Å². The van der Waals surface area contributed by atoms with Gasteiger partial charge in [-0.05, 0) is 36.4 Å². The minimum Gasteiger partial charge on any atom is -0.382 e. The number of hydrogen-bond donors (Lipinski definition) is 2. The molecule has 0 fully saturated rings. The van der Waals surface area contributed by atoms with Gasteiger partial charge in [-0.25, -0.2) is 19.4 Å². The number of benzene rings is 1. The first-order valence-electron chi connectivity index (χ1n) is 9.90. The quantitative estimate of drug-likeness (QED) is 0.383. The first-order valence-corrected chi connectivity index (χ1v) is 10.3. The molecular formula is C20H16ClF3N8O3. The van der Waals surface area contributed by atoms with Crippen LogP contribution in [0, 0.1) is 0 Å². The van der Waals surface area contributed by atoms with Crippen LogP contribution in [-0.4, -0.2) is 57.4 Å². The van der Waals surface area contributed by atoms with Crippen LogP contribution in [0.15, 0.2) is 53.5 Å². The SMILES string of the molecule is NC(=O)c1nc(Cn2nc(-c3ccc(Cl)cc3)n(CC(O)C(F)(F)F)c2=O)nn1-c1ccccn1. The number of pyridine rings is 1. The van der Waals surface area contributed by atoms with Gasteiger partial charge in [-0.1, -0.05) is 17.7 Å². The van der Waals surface area contributed by atoms with Crippen LogP contribution in [-0.2, 0) is 13.1 Å². The molecule has 0 saturated carbocycles. The Balaban J connectivity index is 1.77. The number of aromatic nitrogens is 7. The van der Waals surface area contributed by atoms with Crippen molar-refractivity contribution in [1.82, 2.24) is 34.1 Å². The van der Waals surface area contributed by atoms with Crippen molar-refractivity contribution in [3.63, 3.8) is 0 Å². The molecule has 0 radical (unpaired) electrons. The lowest BCUT2D eigenvalue weighted by atomic mass is 10.2. The van der Waals surface area contributed by atoms with Crippen molar-refractivity contribution in [3.8, 4) is 17.2 Å². The van der Waals surface area contributed by atoms with E-state index in [1.54, 1.807) is 18.2 Å². The number of rotatable bonds is 7. The Morgan fingerprint density at radius 3 is 2.46 bits per heavy atom. The first kappa shape index (κ1) is 24.1. The number of aliphatic hydroxyl groups excluding tert-OH is 1. The van der Waals surface area contributed by atoms with E-state index >= 15 is 0 Å². The maximum absolute atomic E-state index is 13.0. The summed E-state index contributed by atoms with van der Waals surface area (Å²) in [7, 11) is 0. The molecule has 4 aromatic rings. The average molecular weight is 509 g/mol. The molecule has 35 heavy (non-hydrogen) atoms. The number of nitrogens with two attached hydrogens (primary N) is 1. The summed E-state index contributed by atoms with van der Waals surface area (Å²) < 4.78 is 41.6. The number of nitrogens with zero attached hydrogens (tertiary/aromatic N) is 7. The number of halogens is 4. The number of alkyl halides is 3. The first-order chi connectivity index (χ1) is 16.5. The van der Waals surface area contributed by atoms with Crippen LogP contribution in [0.3, 0.4) is 0 Å². The van der Waals surface area contributed by atoms with Gasteiger partial charge in [0.05, 0.1) is 6.54 Å². The molecule has 0 spiro atoms. The number of carbonyl (C=O) groups excluding carboxylic acids is 1. The van der Waals surface area contributed by atoms with Crippen LogP contribution in [0.5, 0.6) is 0 Å². The third-order valence-electron chi connectivity index (χ3n) is 4.79. The maximum atomic E-state index is 13.0. The van der Waals surface area contributed by atoms with Crippen molar-refractivity contribution in [2.75, 3.05) is 0 Å². The van der Waals surface area contributed by atoms with Gasteiger partial charge in [0.15, 0.2) is 23.6 Å². The molecule has 1 unspecified atom stereocenters. The number of aliphatic hydroxyl groups is 1. The van der Waals surface area contributed by atoms with Gasteiger partial charge >= 0.3 is 11.9 Å². The highest BCUT2D eigenvalue weighted by Gasteiger charge is 2.39. The maximum Gasteiger partial charge on any atom is 0.416 e. The third kappa shape index (κ3) is 5.07. The highest BCUT2D eigenvalue weighted by molar-refractivity contribution is 6.30. The van der Waals surface area contributed by atoms with E-state index in [9.17, 15) is 27.9 Å². The average Bonchev–Trinajstić information content (AvgIpc) is 3.37. The Morgan fingerprint density at radius 2 is 1.86 bits per heavy atom. The topological polar surface area (TPSA) is 147 Å². The van der Waals surface area contributed by atoms with E-state index < -0.39 is 37.0 Å². The Bertz CT molecular complexity index is 1410. The summed E-state index contributed by atoms with van der Waals surface area (Å²) in [5, 5.41) is 18.2. The lowest BCUT2D eigenvalue weighted by molar-refractivity contribution is -0.207. The van der Waals surface area contributed by atoms with Crippen LogP contribution in [0.25, 0.3) is 17.2 Å². The van der Waals surface area contributed by atoms with Gasteiger partial charge in [-0.2, -0.15) is 17.9 Å². The van der Waals surface area contributed by atoms with Gasteiger partial charge < -0.3 is 10.8 Å². The second kappa shape index (κ2) is 9.31. The van der Waals surface area contributed by atoms with Crippen molar-refractivity contribution < 1.29 is 23.1 Å². The van der Waals surface area contributed by atoms with E-state index in [-0.39, 0.29) is 28.9 Å². The van der Waals surface area contributed by atoms with E-state index in [2.05, 4.69) is 20.2 Å². The van der Waals surface area contributed by atoms with E-state index in [1.807, 2.05) is 0 Å². The fourth-order valence-electron chi connectivity index (χ4n) is 3.15. The van der Waals surface area contributed by atoms with Crippen molar-refractivity contribution in [3.05, 3.63) is 75.8 Å². The van der Waals surface area contributed by atoms with E-state index in [0.717, 1.165) is 9.36 Å². The van der Waals surface area contributed by atoms with Crippen LogP contribution in [0.4, 0.5) is 13.2 Å². The molecule has 1 amide bonds. The zero-order chi connectivity index (χ0) is 25.3. The standard InChI is InChI=1S/C20H16ClF3N8O3/c21-12-6-4-11(5-7-12)17-29-31(19(35)30(17)9-13(33)20(22,23)24)10-14-27-18(16(25)34)32(28-14)15-3-1-2-8-26-15/h1-8,13,33H,9-10H2,(H2,25,34). The van der Waals surface area contributed by atoms with Gasteiger partial charge in [-0.15, -0.1) is 10.2 Å². The lowest BCUT2D eigenvalue weighted by Gasteiger charge is -2.15. The minimum atomic E-state index is -4.96. The van der Waals surface area contributed by atoms with E-state index in [1.165, 1.54) is 30.5 Å². The largest absolute Gasteiger partial charge is 0.416 e. The summed E-state index contributed by atoms with van der Waals surface area (Å²) >= 11 is 5.88. The second-order valence-electron chi connectivity index (χ2n) is 7.25. The van der Waals surface area contributed by atoms with Crippen LogP contribution in [0.2, 0.25) is 5.02 Å². The zero-order valence-corrected chi connectivity index (χ0v) is 18.3. The molecule has 0 aliphatic heterocycles. The van der Waals surface area contributed by atoms with Crippen LogP contribution < -0.4 is 11.4 Å². The molecule has 15 heteroatoms. The smallest absolute Gasteiger partial charge is 0.382 e. The second-order valence-corrected chi connectivity index (χ2v) is 7.69. The molecule has 1 aromatic carbocycles. The zero-order valence-electron chi connectivity index (χ0n) is 17.6. The minimum absolute atomic E-state index is 0.0739. The van der Waals surface area contributed by atoms with Crippen LogP contribution >= 0.6 is 11.6 Å². The highest BCUT2D eigenvalue weighted by atomic mass is 35.5. The molecule has 0 aliphatic carbocycles. The van der Waals surface area contributed by atoms with Crippen LogP contribution in [0.1, 0.15) is 16.4 Å². The molecule has 1 atom stereocenters. The summed E-state index contributed by atoms with van der Waals surface area (Å²) in [6.07, 6.45) is -6.32. The Labute approximate surface area is 199 Å². The van der Waals surface area contributed by atoms with Gasteiger partial charge in [0.25, 0.3) is 5.91 Å². The van der Waals surface area contributed by atoms with Crippen molar-refractivity contribution in [2.45, 2.75) is 25.4 Å². The van der Waals surface area contributed by atoms with E-state index in [0.29, 0.717) is 9.59 Å². The normalized spacial score (nSPS) is 12.6. The Hall–Kier alpha value is -4.04. The predicted molar refractivity (Wildman–Crippen MR) is 116 cm³/mol. The molecule has 3 aromatic heterocycles. The monoisotopic (exact) mass is 508 g/mol. The molecule has 3 N–H and O–H groups in total. The molecule has 182 valence electrons. The highest BCUT2D eigenvalue weighted by Crippen LogP contribution is 2.24. The van der Waals surface area contributed by atoms with Gasteiger partial charge in [0.1, 0.15) is 6.54 Å². The number of carbonyl (C=O) groups is 1. The van der Waals surface area contributed by atoms with Crippen molar-refractivity contribution >= 4 is 17.5 Å². The predicted octanol–water partition coefficient (Wildman–Crippen LogP) is 1.41. The Morgan fingerprint density at radius 1 is 1.14 bits per heavy atom. The summed E-state index contributed by atoms with van der Waals surface area (Å²) in [5.74, 6) is -1.17. The number of primary amides is 1. The molecule has 4 rings (SSSR count). The molecule has 0 bridgehead atoms. The van der Waals surface area contributed by atoms with Gasteiger partial charge in [0.2, 0.25) is 5.82 Å². The van der Waals surface area contributed by atoms with Crippen molar-refractivity contribution in [2.24, 2.45) is 5.73 Å².